The number of hydrogen-bond acceptors (Lipinski definition) is 2. The van der Waals surface area contributed by atoms with Crippen LogP contribution in [-0.4, -0.2) is 34.3 Å². The molecular weight excluding hydrogens is 264 g/mol. The van der Waals surface area contributed by atoms with Crippen molar-refractivity contribution in [3.8, 4) is 0 Å². The Balaban J connectivity index is 2.33. The van der Waals surface area contributed by atoms with Crippen LogP contribution in [0.2, 0.25) is 0 Å². The predicted molar refractivity (Wildman–Crippen MR) is 83.7 cm³/mol. The van der Waals surface area contributed by atoms with Crippen molar-refractivity contribution in [2.75, 3.05) is 0 Å². The van der Waals surface area contributed by atoms with Crippen molar-refractivity contribution in [3.05, 3.63) is 0 Å². The summed E-state index contributed by atoms with van der Waals surface area (Å²) in [6.45, 7) is 10.4. The van der Waals surface area contributed by atoms with Gasteiger partial charge in [-0.25, -0.2) is 0 Å². The minimum atomic E-state index is -0.343. The van der Waals surface area contributed by atoms with Gasteiger partial charge in [0.1, 0.15) is 12.1 Å². The fourth-order valence-electron chi connectivity index (χ4n) is 3.95. The zero-order chi connectivity index (χ0) is 15.8. The van der Waals surface area contributed by atoms with Gasteiger partial charge in [-0.1, -0.05) is 40.5 Å². The summed E-state index contributed by atoms with van der Waals surface area (Å²) >= 11 is 0. The molecule has 4 nitrogen and oxygen atoms in total. The third-order valence-corrected chi connectivity index (χ3v) is 5.00. The molecule has 2 rings (SSSR count). The summed E-state index contributed by atoms with van der Waals surface area (Å²) in [5, 5.41) is 2.97. The summed E-state index contributed by atoms with van der Waals surface area (Å²) in [7, 11) is 0. The fraction of sp³-hybridized carbons (Fsp3) is 0.882. The van der Waals surface area contributed by atoms with Crippen LogP contribution in [0, 0.1) is 11.8 Å². The monoisotopic (exact) mass is 294 g/mol. The third-order valence-electron chi connectivity index (χ3n) is 5.00. The second kappa shape index (κ2) is 5.98. The van der Waals surface area contributed by atoms with Gasteiger partial charge in [0.2, 0.25) is 11.8 Å². The smallest absolute Gasteiger partial charge is 0.246 e. The second-order valence-electron chi connectivity index (χ2n) is 7.79. The van der Waals surface area contributed by atoms with Crippen molar-refractivity contribution in [1.29, 1.82) is 0 Å². The summed E-state index contributed by atoms with van der Waals surface area (Å²) in [6, 6.07) is -0.658. The molecule has 2 amide bonds. The molecule has 120 valence electrons. The van der Waals surface area contributed by atoms with E-state index in [1.165, 1.54) is 0 Å². The van der Waals surface area contributed by atoms with Crippen LogP contribution in [-0.2, 0) is 9.59 Å². The molecule has 4 heteroatoms. The maximum atomic E-state index is 13.0. The molecule has 2 unspecified atom stereocenters. The van der Waals surface area contributed by atoms with Crippen molar-refractivity contribution >= 4 is 11.8 Å². The van der Waals surface area contributed by atoms with Gasteiger partial charge in [-0.05, 0) is 38.0 Å². The summed E-state index contributed by atoms with van der Waals surface area (Å²) in [6.07, 6.45) is 5.07. The number of nitrogens with one attached hydrogen (secondary N) is 1. The molecule has 2 atom stereocenters. The van der Waals surface area contributed by atoms with Gasteiger partial charge in [0, 0.05) is 5.54 Å². The Hall–Kier alpha value is -1.06. The Morgan fingerprint density at radius 3 is 2.24 bits per heavy atom. The SMILES string of the molecule is CC(C)CC1NC(=O)C(C(C)C)N(C2(C)CCCC2)C1=O. The van der Waals surface area contributed by atoms with Crippen molar-refractivity contribution in [1.82, 2.24) is 10.2 Å². The van der Waals surface area contributed by atoms with Crippen molar-refractivity contribution < 1.29 is 9.59 Å². The number of nitrogens with zero attached hydrogens (tertiary/aromatic N) is 1. The molecular formula is C17H30N2O2. The molecule has 2 aliphatic rings. The summed E-state index contributed by atoms with van der Waals surface area (Å²) in [4.78, 5) is 27.6. The predicted octanol–water partition coefficient (Wildman–Crippen LogP) is 2.72. The van der Waals surface area contributed by atoms with Gasteiger partial charge < -0.3 is 10.2 Å². The average Bonchev–Trinajstić information content (AvgIpc) is 2.79. The summed E-state index contributed by atoms with van der Waals surface area (Å²) < 4.78 is 0. The van der Waals surface area contributed by atoms with Crippen LogP contribution in [0.1, 0.15) is 66.7 Å². The molecule has 0 aromatic carbocycles. The van der Waals surface area contributed by atoms with E-state index >= 15 is 0 Å². The highest BCUT2D eigenvalue weighted by molar-refractivity contribution is 5.97. The lowest BCUT2D eigenvalue weighted by molar-refractivity contribution is -0.159. The maximum absolute atomic E-state index is 13.0. The van der Waals surface area contributed by atoms with E-state index < -0.39 is 0 Å². The number of hydrogen-bond donors (Lipinski definition) is 1. The molecule has 1 aliphatic heterocycles. The van der Waals surface area contributed by atoms with Crippen molar-refractivity contribution in [2.24, 2.45) is 11.8 Å². The van der Waals surface area contributed by atoms with Crippen LogP contribution in [0.5, 0.6) is 0 Å². The summed E-state index contributed by atoms with van der Waals surface area (Å²) in [5.74, 6) is 0.703. The number of piperazine rings is 1. The van der Waals surface area contributed by atoms with E-state index in [0.29, 0.717) is 5.92 Å². The summed E-state index contributed by atoms with van der Waals surface area (Å²) in [5.41, 5.74) is -0.140. The fourth-order valence-corrected chi connectivity index (χ4v) is 3.95. The molecule has 21 heavy (non-hydrogen) atoms. The number of rotatable bonds is 4. The van der Waals surface area contributed by atoms with Gasteiger partial charge in [-0.2, -0.15) is 0 Å². The number of carbonyl (C=O) groups is 2. The van der Waals surface area contributed by atoms with E-state index in [-0.39, 0.29) is 35.4 Å². The molecule has 1 saturated heterocycles. The minimum absolute atomic E-state index is 0.0309. The van der Waals surface area contributed by atoms with Crippen LogP contribution in [0.15, 0.2) is 0 Å². The quantitative estimate of drug-likeness (QED) is 0.866. The molecule has 1 aliphatic carbocycles. The Morgan fingerprint density at radius 2 is 1.76 bits per heavy atom. The van der Waals surface area contributed by atoms with E-state index in [1.807, 2.05) is 18.7 Å². The van der Waals surface area contributed by atoms with Gasteiger partial charge in [-0.15, -0.1) is 0 Å². The van der Waals surface area contributed by atoms with Gasteiger partial charge in [0.15, 0.2) is 0 Å². The lowest BCUT2D eigenvalue weighted by Crippen LogP contribution is -2.69. The first-order chi connectivity index (χ1) is 9.76. The first-order valence-corrected chi connectivity index (χ1v) is 8.40. The molecule has 0 aromatic heterocycles. The number of amides is 2. The molecule has 1 saturated carbocycles. The minimum Gasteiger partial charge on any atom is -0.342 e. The van der Waals surface area contributed by atoms with Gasteiger partial charge >= 0.3 is 0 Å². The molecule has 1 heterocycles. The number of carbonyl (C=O) groups excluding carboxylic acids is 2. The van der Waals surface area contributed by atoms with Crippen molar-refractivity contribution in [3.63, 3.8) is 0 Å². The largest absolute Gasteiger partial charge is 0.342 e. The Labute approximate surface area is 128 Å². The van der Waals surface area contributed by atoms with E-state index in [0.717, 1.165) is 32.1 Å². The third kappa shape index (κ3) is 3.09. The molecule has 2 fully saturated rings. The first-order valence-electron chi connectivity index (χ1n) is 8.40. The van der Waals surface area contributed by atoms with Crippen LogP contribution >= 0.6 is 0 Å². The molecule has 1 N–H and O–H groups in total. The lowest BCUT2D eigenvalue weighted by Gasteiger charge is -2.49. The molecule has 0 bridgehead atoms. The van der Waals surface area contributed by atoms with Gasteiger partial charge in [-0.3, -0.25) is 9.59 Å². The van der Waals surface area contributed by atoms with Gasteiger partial charge in [0.05, 0.1) is 0 Å². The maximum Gasteiger partial charge on any atom is 0.246 e. The van der Waals surface area contributed by atoms with E-state index in [1.54, 1.807) is 0 Å². The zero-order valence-corrected chi connectivity index (χ0v) is 14.1. The zero-order valence-electron chi connectivity index (χ0n) is 14.1. The Morgan fingerprint density at radius 1 is 1.19 bits per heavy atom. The second-order valence-corrected chi connectivity index (χ2v) is 7.79. The standard InChI is InChI=1S/C17H30N2O2/c1-11(2)10-13-16(21)19(17(5)8-6-7-9-17)14(12(3)4)15(20)18-13/h11-14H,6-10H2,1-5H3,(H,18,20). The molecule has 0 radical (unpaired) electrons. The van der Waals surface area contributed by atoms with Crippen molar-refractivity contribution in [2.45, 2.75) is 84.3 Å². The normalized spacial score (nSPS) is 29.4. The van der Waals surface area contributed by atoms with E-state index in [2.05, 4.69) is 26.1 Å². The topological polar surface area (TPSA) is 49.4 Å². The van der Waals surface area contributed by atoms with Crippen LogP contribution in [0.4, 0.5) is 0 Å². The van der Waals surface area contributed by atoms with Crippen LogP contribution in [0.25, 0.3) is 0 Å². The highest BCUT2D eigenvalue weighted by Crippen LogP contribution is 2.39. The highest BCUT2D eigenvalue weighted by Gasteiger charge is 2.50. The van der Waals surface area contributed by atoms with Crippen LogP contribution in [0.3, 0.4) is 0 Å². The first kappa shape index (κ1) is 16.3. The van der Waals surface area contributed by atoms with E-state index in [4.69, 9.17) is 0 Å². The highest BCUT2D eigenvalue weighted by atomic mass is 16.2. The Bertz CT molecular complexity index is 411. The molecule has 0 spiro atoms. The average molecular weight is 294 g/mol. The Kier molecular flexibility index (Phi) is 4.64. The molecule has 0 aromatic rings. The lowest BCUT2D eigenvalue weighted by atomic mass is 9.86. The van der Waals surface area contributed by atoms with E-state index in [9.17, 15) is 9.59 Å². The van der Waals surface area contributed by atoms with Crippen LogP contribution < -0.4 is 5.32 Å². The van der Waals surface area contributed by atoms with Gasteiger partial charge in [0.25, 0.3) is 0 Å².